The van der Waals surface area contributed by atoms with Gasteiger partial charge in [-0.05, 0) is 79.8 Å². The van der Waals surface area contributed by atoms with Crippen LogP contribution < -0.4 is 20.7 Å². The molecule has 3 heteroatoms. The van der Waals surface area contributed by atoms with E-state index in [0.29, 0.717) is 0 Å². The predicted molar refractivity (Wildman–Crippen MR) is 149 cm³/mol. The third-order valence-corrected chi connectivity index (χ3v) is 11.4. The average Bonchev–Trinajstić information content (AvgIpc) is 2.94. The van der Waals surface area contributed by atoms with E-state index in [4.69, 9.17) is 9.47 Å². The van der Waals surface area contributed by atoms with Crippen LogP contribution in [-0.4, -0.2) is 19.1 Å². The van der Waals surface area contributed by atoms with Gasteiger partial charge in [-0.25, -0.2) is 0 Å². The fourth-order valence-corrected chi connectivity index (χ4v) is 9.44. The van der Waals surface area contributed by atoms with Gasteiger partial charge in [0.15, 0.2) is 6.29 Å². The van der Waals surface area contributed by atoms with Gasteiger partial charge in [-0.3, -0.25) is 0 Å². The summed E-state index contributed by atoms with van der Waals surface area (Å²) in [5.74, 6) is 0.903. The van der Waals surface area contributed by atoms with Crippen molar-refractivity contribution in [3.8, 4) is 5.75 Å². The molecular formula is C32H34O2P+. The highest BCUT2D eigenvalue weighted by Crippen LogP contribution is 2.55. The standard InChI is InChI=1S/C32H34O2P/c1-4-14-29(15-5-1)35(30-16-6-2-7-17-30,31-18-8-3-9-19-31)26-12-13-27-21-23-28(24-22-27)34-32-20-10-11-25-33-32/h1-9,14-19,21-24,32H,10-13,20,25-26H2/q+1. The first kappa shape index (κ1) is 23.8. The van der Waals surface area contributed by atoms with Gasteiger partial charge in [-0.15, -0.1) is 0 Å². The number of benzene rings is 4. The quantitative estimate of drug-likeness (QED) is 0.254. The molecule has 0 aromatic heterocycles. The summed E-state index contributed by atoms with van der Waals surface area (Å²) in [4.78, 5) is 0. The lowest BCUT2D eigenvalue weighted by Crippen LogP contribution is -2.33. The molecule has 1 atom stereocenters. The molecule has 2 nitrogen and oxygen atoms in total. The molecule has 35 heavy (non-hydrogen) atoms. The minimum atomic E-state index is -1.77. The van der Waals surface area contributed by atoms with E-state index in [0.717, 1.165) is 44.2 Å². The molecule has 0 saturated carbocycles. The molecule has 4 aromatic rings. The smallest absolute Gasteiger partial charge is 0.199 e. The molecule has 0 aliphatic carbocycles. The zero-order valence-corrected chi connectivity index (χ0v) is 21.2. The maximum absolute atomic E-state index is 6.03. The van der Waals surface area contributed by atoms with Crippen molar-refractivity contribution in [2.75, 3.05) is 12.8 Å². The SMILES string of the molecule is c1ccc([P+](CCCc2ccc(OC3CCCCO3)cc2)(c2ccccc2)c2ccccc2)cc1. The van der Waals surface area contributed by atoms with Crippen LogP contribution in [0, 0.1) is 0 Å². The van der Waals surface area contributed by atoms with Gasteiger partial charge < -0.3 is 9.47 Å². The minimum Gasteiger partial charge on any atom is -0.465 e. The van der Waals surface area contributed by atoms with Gasteiger partial charge in [-0.2, -0.15) is 0 Å². The monoisotopic (exact) mass is 481 g/mol. The Morgan fingerprint density at radius 2 is 1.20 bits per heavy atom. The molecule has 1 heterocycles. The van der Waals surface area contributed by atoms with Crippen molar-refractivity contribution in [1.29, 1.82) is 0 Å². The van der Waals surface area contributed by atoms with E-state index in [1.807, 2.05) is 0 Å². The Kier molecular flexibility index (Phi) is 7.93. The van der Waals surface area contributed by atoms with Crippen LogP contribution in [0.4, 0.5) is 0 Å². The first-order valence-corrected chi connectivity index (χ1v) is 14.7. The van der Waals surface area contributed by atoms with Crippen molar-refractivity contribution in [2.45, 2.75) is 38.4 Å². The largest absolute Gasteiger partial charge is 0.465 e. The van der Waals surface area contributed by atoms with E-state index in [9.17, 15) is 0 Å². The molecule has 0 amide bonds. The summed E-state index contributed by atoms with van der Waals surface area (Å²) in [5, 5.41) is 4.36. The van der Waals surface area contributed by atoms with E-state index in [-0.39, 0.29) is 6.29 Å². The normalized spacial score (nSPS) is 16.1. The fourth-order valence-electron chi connectivity index (χ4n) is 5.09. The zero-order valence-electron chi connectivity index (χ0n) is 20.3. The van der Waals surface area contributed by atoms with Crippen LogP contribution in [0.25, 0.3) is 0 Å². The van der Waals surface area contributed by atoms with Gasteiger partial charge in [0, 0.05) is 6.42 Å². The van der Waals surface area contributed by atoms with E-state index >= 15 is 0 Å². The third-order valence-electron chi connectivity index (χ3n) is 6.88. The lowest BCUT2D eigenvalue weighted by atomic mass is 10.1. The predicted octanol–water partition coefficient (Wildman–Crippen LogP) is 6.52. The molecule has 0 radical (unpaired) electrons. The van der Waals surface area contributed by atoms with E-state index in [1.54, 1.807) is 0 Å². The Bertz CT molecular complexity index is 1060. The van der Waals surface area contributed by atoms with Crippen molar-refractivity contribution >= 4 is 23.2 Å². The summed E-state index contributed by atoms with van der Waals surface area (Å²) in [7, 11) is -1.77. The van der Waals surface area contributed by atoms with Crippen molar-refractivity contribution in [3.63, 3.8) is 0 Å². The molecule has 1 saturated heterocycles. The molecule has 0 N–H and O–H groups in total. The Hall–Kier alpha value is -2.93. The van der Waals surface area contributed by atoms with Gasteiger partial charge >= 0.3 is 0 Å². The summed E-state index contributed by atoms with van der Waals surface area (Å²) < 4.78 is 11.7. The second-order valence-corrected chi connectivity index (χ2v) is 12.8. The summed E-state index contributed by atoms with van der Waals surface area (Å²) >= 11 is 0. The van der Waals surface area contributed by atoms with Crippen LogP contribution >= 0.6 is 7.26 Å². The van der Waals surface area contributed by atoms with Gasteiger partial charge in [0.2, 0.25) is 0 Å². The van der Waals surface area contributed by atoms with Crippen molar-refractivity contribution in [3.05, 3.63) is 121 Å². The second-order valence-electron chi connectivity index (χ2n) is 9.20. The minimum absolute atomic E-state index is 0.0948. The summed E-state index contributed by atoms with van der Waals surface area (Å²) in [6.45, 7) is 0.803. The van der Waals surface area contributed by atoms with E-state index in [1.165, 1.54) is 27.9 Å². The zero-order chi connectivity index (χ0) is 23.8. The molecule has 1 fully saturated rings. The Morgan fingerprint density at radius 1 is 0.657 bits per heavy atom. The number of rotatable bonds is 9. The molecule has 0 spiro atoms. The van der Waals surface area contributed by atoms with Crippen molar-refractivity contribution in [1.82, 2.24) is 0 Å². The van der Waals surface area contributed by atoms with Crippen LogP contribution in [0.15, 0.2) is 115 Å². The Morgan fingerprint density at radius 3 is 1.69 bits per heavy atom. The Balaban J connectivity index is 1.37. The maximum atomic E-state index is 6.03. The second kappa shape index (κ2) is 11.7. The van der Waals surface area contributed by atoms with Gasteiger partial charge in [-0.1, -0.05) is 66.7 Å². The van der Waals surface area contributed by atoms with Crippen molar-refractivity contribution in [2.24, 2.45) is 0 Å². The number of hydrogen-bond acceptors (Lipinski definition) is 2. The summed E-state index contributed by atoms with van der Waals surface area (Å²) in [6, 6.07) is 42.1. The van der Waals surface area contributed by atoms with Gasteiger partial charge in [0.1, 0.15) is 28.9 Å². The Labute approximate surface area is 210 Å². The summed E-state index contributed by atoms with van der Waals surface area (Å²) in [5.41, 5.74) is 1.36. The molecule has 178 valence electrons. The van der Waals surface area contributed by atoms with Crippen LogP contribution in [0.5, 0.6) is 5.75 Å². The molecule has 1 unspecified atom stereocenters. The molecule has 1 aliphatic heterocycles. The molecular weight excluding hydrogens is 447 g/mol. The average molecular weight is 482 g/mol. The van der Waals surface area contributed by atoms with Crippen LogP contribution in [0.3, 0.4) is 0 Å². The molecule has 5 rings (SSSR count). The van der Waals surface area contributed by atoms with E-state index < -0.39 is 7.26 Å². The fraction of sp³-hybridized carbons (Fsp3) is 0.250. The summed E-state index contributed by atoms with van der Waals surface area (Å²) in [6.07, 6.45) is 6.51. The highest BCUT2D eigenvalue weighted by atomic mass is 31.2. The van der Waals surface area contributed by atoms with E-state index in [2.05, 4.69) is 115 Å². The highest BCUT2D eigenvalue weighted by molar-refractivity contribution is 7.95. The topological polar surface area (TPSA) is 18.5 Å². The number of hydrogen-bond donors (Lipinski definition) is 0. The van der Waals surface area contributed by atoms with Crippen molar-refractivity contribution < 1.29 is 9.47 Å². The molecule has 4 aromatic carbocycles. The number of ether oxygens (including phenoxy) is 2. The molecule has 0 bridgehead atoms. The van der Waals surface area contributed by atoms with Crippen LogP contribution in [0.2, 0.25) is 0 Å². The van der Waals surface area contributed by atoms with Gasteiger partial charge in [0.05, 0.1) is 12.8 Å². The van der Waals surface area contributed by atoms with Gasteiger partial charge in [0.25, 0.3) is 0 Å². The first-order chi connectivity index (χ1) is 17.3. The first-order valence-electron chi connectivity index (χ1n) is 12.8. The van der Waals surface area contributed by atoms with Crippen LogP contribution in [-0.2, 0) is 11.2 Å². The third kappa shape index (κ3) is 5.67. The molecule has 1 aliphatic rings. The highest BCUT2D eigenvalue weighted by Gasteiger charge is 2.44. The maximum Gasteiger partial charge on any atom is 0.199 e. The van der Waals surface area contributed by atoms with Crippen LogP contribution in [0.1, 0.15) is 31.2 Å². The lowest BCUT2D eigenvalue weighted by molar-refractivity contribution is -0.105. The lowest BCUT2D eigenvalue weighted by Gasteiger charge is -2.27. The number of aryl methyl sites for hydroxylation is 1.